The van der Waals surface area contributed by atoms with Gasteiger partial charge in [0.05, 0.1) is 6.10 Å². The third-order valence-corrected chi connectivity index (χ3v) is 6.41. The van der Waals surface area contributed by atoms with Crippen LogP contribution in [0.2, 0.25) is 0 Å². The number of rotatable bonds is 9. The fraction of sp³-hybridized carbons (Fsp3) is 0.391. The maximum absolute atomic E-state index is 14.3. The summed E-state index contributed by atoms with van der Waals surface area (Å²) in [6.45, 7) is 0. The summed E-state index contributed by atoms with van der Waals surface area (Å²) in [4.78, 5) is 23.6. The van der Waals surface area contributed by atoms with Gasteiger partial charge >= 0.3 is 5.97 Å². The summed E-state index contributed by atoms with van der Waals surface area (Å²) in [5, 5.41) is 20.2. The van der Waals surface area contributed by atoms with E-state index in [-0.39, 0.29) is 25.0 Å². The van der Waals surface area contributed by atoms with E-state index in [1.165, 1.54) is 11.3 Å². The molecule has 3 rings (SSSR count). The van der Waals surface area contributed by atoms with Crippen molar-refractivity contribution in [1.29, 1.82) is 0 Å². The van der Waals surface area contributed by atoms with Crippen molar-refractivity contribution in [2.45, 2.75) is 50.8 Å². The van der Waals surface area contributed by atoms with Crippen molar-refractivity contribution >= 4 is 33.2 Å². The number of benzene rings is 1. The Hall–Kier alpha value is -2.31. The maximum Gasteiger partial charge on any atom is 0.303 e. The van der Waals surface area contributed by atoms with Crippen molar-refractivity contribution < 1.29 is 24.2 Å². The lowest BCUT2D eigenvalue weighted by atomic mass is 9.95. The van der Waals surface area contributed by atoms with Crippen molar-refractivity contribution in [3.63, 3.8) is 0 Å². The standard InChI is InChI=1S/C23H25FO4S/c24-18-14-20(26)17(16(18)8-3-1-2-4-10-23(27)28)11-12-19(25)22-13-15-7-5-6-9-21(15)29-22/h1,3,5-7,9,11,13,16,18-19,25H,2,4,8,10,12,14H2,(H,27,28)/t16-,18?,19-/m1/s1. The van der Waals surface area contributed by atoms with E-state index >= 15 is 0 Å². The van der Waals surface area contributed by atoms with Crippen LogP contribution in [0.5, 0.6) is 0 Å². The summed E-state index contributed by atoms with van der Waals surface area (Å²) in [5.74, 6) is -1.51. The molecule has 2 N–H and O–H groups in total. The van der Waals surface area contributed by atoms with Gasteiger partial charge in [0, 0.05) is 28.3 Å². The Morgan fingerprint density at radius 1 is 1.31 bits per heavy atom. The smallest absolute Gasteiger partial charge is 0.303 e. The molecule has 6 heteroatoms. The average molecular weight is 417 g/mol. The summed E-state index contributed by atoms with van der Waals surface area (Å²) >= 11 is 1.52. The van der Waals surface area contributed by atoms with Gasteiger partial charge in [-0.3, -0.25) is 9.59 Å². The lowest BCUT2D eigenvalue weighted by molar-refractivity contribution is -0.137. The molecule has 3 atom stereocenters. The predicted molar refractivity (Wildman–Crippen MR) is 113 cm³/mol. The zero-order valence-corrected chi connectivity index (χ0v) is 16.9. The number of alkyl halides is 1. The second-order valence-corrected chi connectivity index (χ2v) is 8.46. The molecule has 1 aromatic carbocycles. The molecular weight excluding hydrogens is 391 g/mol. The number of carboxylic acids is 1. The third kappa shape index (κ3) is 5.61. The molecule has 1 aliphatic rings. The van der Waals surface area contributed by atoms with E-state index in [2.05, 4.69) is 0 Å². The third-order valence-electron chi connectivity index (χ3n) is 5.19. The second-order valence-electron chi connectivity index (χ2n) is 7.34. The van der Waals surface area contributed by atoms with E-state index in [0.29, 0.717) is 24.8 Å². The monoisotopic (exact) mass is 416 g/mol. The Kier molecular flexibility index (Phi) is 7.34. The molecule has 1 fully saturated rings. The van der Waals surface area contributed by atoms with Gasteiger partial charge in [0.2, 0.25) is 0 Å². The summed E-state index contributed by atoms with van der Waals surface area (Å²) in [6, 6.07) is 9.85. The summed E-state index contributed by atoms with van der Waals surface area (Å²) in [5.41, 5.74) is 0.466. The van der Waals surface area contributed by atoms with E-state index in [1.807, 2.05) is 42.5 Å². The van der Waals surface area contributed by atoms with Crippen molar-refractivity contribution in [1.82, 2.24) is 0 Å². The van der Waals surface area contributed by atoms with Gasteiger partial charge < -0.3 is 10.2 Å². The van der Waals surface area contributed by atoms with Crippen LogP contribution in [0.1, 0.15) is 49.5 Å². The van der Waals surface area contributed by atoms with Gasteiger partial charge in [-0.1, -0.05) is 36.4 Å². The Labute approximate surface area is 173 Å². The number of aliphatic carboxylic acids is 1. The van der Waals surface area contributed by atoms with Crippen LogP contribution in [0.4, 0.5) is 4.39 Å². The van der Waals surface area contributed by atoms with Crippen molar-refractivity contribution in [3.05, 3.63) is 59.0 Å². The molecule has 1 aliphatic carbocycles. The number of thiophene rings is 1. The SMILES string of the molecule is O=C(O)CCCC=CC[C@@H]1C(=CC[C@@H](O)c2cc3ccccc3s2)C(=O)CC1F. The Bertz CT molecular complexity index is 897. The highest BCUT2D eigenvalue weighted by atomic mass is 32.1. The van der Waals surface area contributed by atoms with Crippen molar-refractivity contribution in [2.75, 3.05) is 0 Å². The molecule has 0 bridgehead atoms. The van der Waals surface area contributed by atoms with E-state index in [1.54, 1.807) is 6.08 Å². The maximum atomic E-state index is 14.3. The Balaban J connectivity index is 1.61. The molecule has 0 aliphatic heterocycles. The highest BCUT2D eigenvalue weighted by Gasteiger charge is 2.37. The summed E-state index contributed by atoms with van der Waals surface area (Å²) in [6.07, 6.45) is 5.28. The van der Waals surface area contributed by atoms with Crippen LogP contribution in [-0.2, 0) is 9.59 Å². The van der Waals surface area contributed by atoms with E-state index < -0.39 is 24.2 Å². The van der Waals surface area contributed by atoms with Crippen LogP contribution in [0.25, 0.3) is 10.1 Å². The van der Waals surface area contributed by atoms with Gasteiger partial charge in [0.1, 0.15) is 6.17 Å². The number of halogens is 1. The van der Waals surface area contributed by atoms with E-state index in [0.717, 1.165) is 15.0 Å². The molecule has 29 heavy (non-hydrogen) atoms. The number of unbranched alkanes of at least 4 members (excludes halogenated alkanes) is 1. The second kappa shape index (κ2) is 9.94. The number of fused-ring (bicyclic) bond motifs is 1. The number of carboxylic acid groups (broad SMARTS) is 1. The molecule has 0 radical (unpaired) electrons. The number of hydrogen-bond donors (Lipinski definition) is 2. The zero-order chi connectivity index (χ0) is 20.8. The molecule has 4 nitrogen and oxygen atoms in total. The molecule has 154 valence electrons. The first-order valence-corrected chi connectivity index (χ1v) is 10.7. The number of allylic oxidation sites excluding steroid dienone is 3. The minimum absolute atomic E-state index is 0.109. The van der Waals surface area contributed by atoms with E-state index in [9.17, 15) is 19.1 Å². The molecule has 0 spiro atoms. The topological polar surface area (TPSA) is 74.6 Å². The quantitative estimate of drug-likeness (QED) is 0.327. The summed E-state index contributed by atoms with van der Waals surface area (Å²) in [7, 11) is 0. The van der Waals surface area contributed by atoms with Gasteiger partial charge in [0.25, 0.3) is 0 Å². The van der Waals surface area contributed by atoms with Crippen LogP contribution in [-0.4, -0.2) is 28.1 Å². The highest BCUT2D eigenvalue weighted by Crippen LogP contribution is 2.36. The van der Waals surface area contributed by atoms with Crippen LogP contribution in [0, 0.1) is 5.92 Å². The van der Waals surface area contributed by atoms with Gasteiger partial charge in [0.15, 0.2) is 5.78 Å². The first kappa shape index (κ1) is 21.4. The molecule has 0 saturated heterocycles. The number of ketones is 1. The molecule has 1 saturated carbocycles. The molecule has 2 aromatic rings. The first-order chi connectivity index (χ1) is 14.0. The van der Waals surface area contributed by atoms with Crippen LogP contribution >= 0.6 is 11.3 Å². The van der Waals surface area contributed by atoms with E-state index in [4.69, 9.17) is 5.11 Å². The number of aliphatic hydroxyl groups excluding tert-OH is 1. The number of Topliss-reactive ketones (excluding diaryl/α,β-unsaturated/α-hetero) is 1. The van der Waals surface area contributed by atoms with Gasteiger partial charge in [-0.2, -0.15) is 0 Å². The minimum atomic E-state index is -1.21. The predicted octanol–water partition coefficient (Wildman–Crippen LogP) is 5.38. The lowest BCUT2D eigenvalue weighted by Crippen LogP contribution is -2.09. The minimum Gasteiger partial charge on any atom is -0.481 e. The lowest BCUT2D eigenvalue weighted by Gasteiger charge is -2.12. The molecular formula is C23H25FO4S. The fourth-order valence-electron chi connectivity index (χ4n) is 3.63. The molecule has 1 aromatic heterocycles. The number of carbonyl (C=O) groups is 2. The van der Waals surface area contributed by atoms with Gasteiger partial charge in [-0.15, -0.1) is 11.3 Å². The number of aliphatic hydroxyl groups is 1. The summed E-state index contributed by atoms with van der Waals surface area (Å²) < 4.78 is 15.4. The van der Waals surface area contributed by atoms with Crippen LogP contribution in [0.3, 0.4) is 0 Å². The zero-order valence-electron chi connectivity index (χ0n) is 16.1. The van der Waals surface area contributed by atoms with Crippen LogP contribution in [0.15, 0.2) is 54.1 Å². The number of hydrogen-bond acceptors (Lipinski definition) is 4. The fourth-order valence-corrected chi connectivity index (χ4v) is 4.70. The largest absolute Gasteiger partial charge is 0.481 e. The van der Waals surface area contributed by atoms with Crippen molar-refractivity contribution in [3.8, 4) is 0 Å². The highest BCUT2D eigenvalue weighted by molar-refractivity contribution is 7.19. The molecule has 1 heterocycles. The van der Waals surface area contributed by atoms with Crippen molar-refractivity contribution in [2.24, 2.45) is 5.92 Å². The van der Waals surface area contributed by atoms with Gasteiger partial charge in [-0.25, -0.2) is 4.39 Å². The Morgan fingerprint density at radius 2 is 2.10 bits per heavy atom. The normalized spacial score (nSPS) is 22.1. The Morgan fingerprint density at radius 3 is 2.86 bits per heavy atom. The first-order valence-electron chi connectivity index (χ1n) is 9.86. The van der Waals surface area contributed by atoms with Gasteiger partial charge in [-0.05, 0) is 48.8 Å². The molecule has 0 amide bonds. The van der Waals surface area contributed by atoms with Crippen LogP contribution < -0.4 is 0 Å². The number of carbonyl (C=O) groups excluding carboxylic acids is 1. The average Bonchev–Trinajstić information content (AvgIpc) is 3.23. The molecule has 1 unspecified atom stereocenters.